The lowest BCUT2D eigenvalue weighted by Gasteiger charge is -2.31. The first-order valence-corrected chi connectivity index (χ1v) is 7.16. The molecule has 0 heterocycles. The molecule has 0 atom stereocenters. The van der Waals surface area contributed by atoms with Crippen molar-refractivity contribution in [1.82, 2.24) is 0 Å². The van der Waals surface area contributed by atoms with Gasteiger partial charge in [0.2, 0.25) is 0 Å². The number of hydrogen-bond donors (Lipinski definition) is 6. The van der Waals surface area contributed by atoms with Crippen molar-refractivity contribution in [2.75, 3.05) is 66.1 Å². The number of hydrogen-bond acceptors (Lipinski definition) is 8. The van der Waals surface area contributed by atoms with Crippen LogP contribution in [-0.2, 0) is 9.47 Å². The molecule has 140 valence electrons. The molecule has 24 heavy (non-hydrogen) atoms. The van der Waals surface area contributed by atoms with E-state index in [-0.39, 0.29) is 13.2 Å². The fourth-order valence-electron chi connectivity index (χ4n) is 1.23. The summed E-state index contributed by atoms with van der Waals surface area (Å²) in [5.41, 5.74) is -2.32. The van der Waals surface area contributed by atoms with Gasteiger partial charge in [-0.05, 0) is 0 Å². The highest BCUT2D eigenvalue weighted by Gasteiger charge is 2.32. The normalized spacial score (nSPS) is 11.2. The highest BCUT2D eigenvalue weighted by Crippen LogP contribution is 2.19. The van der Waals surface area contributed by atoms with E-state index < -0.39 is 50.5 Å². The Labute approximate surface area is 142 Å². The van der Waals surface area contributed by atoms with Gasteiger partial charge in [0.15, 0.2) is 0 Å². The Kier molecular flexibility index (Phi) is 16.0. The largest absolute Gasteiger partial charge is 0.396 e. The van der Waals surface area contributed by atoms with Crippen molar-refractivity contribution in [2.24, 2.45) is 10.8 Å². The summed E-state index contributed by atoms with van der Waals surface area (Å²) in [6.07, 6.45) is 9.65. The molecular weight excluding hydrogens is 320 g/mol. The summed E-state index contributed by atoms with van der Waals surface area (Å²) < 4.78 is 9.81. The molecule has 8 heteroatoms. The minimum Gasteiger partial charge on any atom is -0.396 e. The molecule has 0 rings (SSSR count). The summed E-state index contributed by atoms with van der Waals surface area (Å²) in [4.78, 5) is 0. The standard InChI is InChI=1S/C10H22O7.C6H6O/c11-1-9(2-12,3-13)7-17-8-10(4-14,5-15)6-16;1-3-5-7-6-4-2/h11-16H,1-8H2;1-2H,5-6H2. The first-order chi connectivity index (χ1) is 11.5. The van der Waals surface area contributed by atoms with E-state index in [2.05, 4.69) is 16.6 Å². The third-order valence-corrected chi connectivity index (χ3v) is 3.20. The molecular formula is C16H28O8. The number of aliphatic hydroxyl groups is 6. The van der Waals surface area contributed by atoms with E-state index in [0.717, 1.165) is 0 Å². The van der Waals surface area contributed by atoms with Crippen molar-refractivity contribution in [3.05, 3.63) is 0 Å². The van der Waals surface area contributed by atoms with E-state index in [1.165, 1.54) is 0 Å². The lowest BCUT2D eigenvalue weighted by Crippen LogP contribution is -2.43. The lowest BCUT2D eigenvalue weighted by molar-refractivity contribution is -0.103. The maximum Gasteiger partial charge on any atom is 0.108 e. The summed E-state index contributed by atoms with van der Waals surface area (Å²) in [6, 6.07) is 0. The molecule has 0 aromatic rings. The van der Waals surface area contributed by atoms with Crippen LogP contribution in [0.5, 0.6) is 0 Å². The molecule has 0 amide bonds. The van der Waals surface area contributed by atoms with Crippen LogP contribution < -0.4 is 0 Å². The Morgan fingerprint density at radius 2 is 0.875 bits per heavy atom. The van der Waals surface area contributed by atoms with Crippen LogP contribution in [0, 0.1) is 35.5 Å². The first kappa shape index (κ1) is 25.0. The van der Waals surface area contributed by atoms with E-state index in [1.807, 2.05) is 0 Å². The van der Waals surface area contributed by atoms with Gasteiger partial charge in [0.1, 0.15) is 13.2 Å². The first-order valence-electron chi connectivity index (χ1n) is 7.16. The summed E-state index contributed by atoms with van der Waals surface area (Å²) in [7, 11) is 0. The molecule has 0 radical (unpaired) electrons. The Bertz CT molecular complexity index is 313. The Morgan fingerprint density at radius 1 is 0.583 bits per heavy atom. The van der Waals surface area contributed by atoms with Gasteiger partial charge in [-0.25, -0.2) is 0 Å². The smallest absolute Gasteiger partial charge is 0.108 e. The average Bonchev–Trinajstić information content (AvgIpc) is 2.64. The second-order valence-electron chi connectivity index (χ2n) is 5.34. The third kappa shape index (κ3) is 9.83. The SMILES string of the molecule is C#CCOCC#C.OCC(CO)(CO)COCC(CO)(CO)CO. The monoisotopic (exact) mass is 348 g/mol. The summed E-state index contributed by atoms with van der Waals surface area (Å²) in [5.74, 6) is 4.57. The Morgan fingerprint density at radius 3 is 1.08 bits per heavy atom. The van der Waals surface area contributed by atoms with Gasteiger partial charge in [-0.15, -0.1) is 12.8 Å². The molecule has 8 nitrogen and oxygen atoms in total. The van der Waals surface area contributed by atoms with Crippen molar-refractivity contribution in [3.8, 4) is 24.7 Å². The van der Waals surface area contributed by atoms with Crippen LogP contribution in [-0.4, -0.2) is 96.7 Å². The molecule has 0 aromatic heterocycles. The van der Waals surface area contributed by atoms with Crippen LogP contribution in [0.4, 0.5) is 0 Å². The van der Waals surface area contributed by atoms with Crippen LogP contribution in [0.1, 0.15) is 0 Å². The zero-order valence-electron chi connectivity index (χ0n) is 13.7. The lowest BCUT2D eigenvalue weighted by atomic mass is 9.91. The number of rotatable bonds is 12. The molecule has 0 aliphatic carbocycles. The quantitative estimate of drug-likeness (QED) is 0.164. The zero-order chi connectivity index (χ0) is 18.9. The molecule has 0 saturated heterocycles. The maximum absolute atomic E-state index is 9.03. The van der Waals surface area contributed by atoms with Gasteiger partial charge in [0.05, 0.1) is 63.7 Å². The number of aliphatic hydroxyl groups excluding tert-OH is 6. The van der Waals surface area contributed by atoms with Crippen LogP contribution in [0.25, 0.3) is 0 Å². The second-order valence-corrected chi connectivity index (χ2v) is 5.34. The van der Waals surface area contributed by atoms with E-state index in [9.17, 15) is 0 Å². The minimum absolute atomic E-state index is 0.141. The van der Waals surface area contributed by atoms with Gasteiger partial charge in [-0.1, -0.05) is 11.8 Å². The average molecular weight is 348 g/mol. The molecule has 0 aliphatic heterocycles. The molecule has 0 saturated carbocycles. The topological polar surface area (TPSA) is 140 Å². The molecule has 0 spiro atoms. The van der Waals surface area contributed by atoms with Gasteiger partial charge in [-0.3, -0.25) is 0 Å². The van der Waals surface area contributed by atoms with Crippen molar-refractivity contribution < 1.29 is 40.1 Å². The summed E-state index contributed by atoms with van der Waals surface area (Å²) in [5, 5.41) is 54.2. The predicted octanol–water partition coefficient (Wildman–Crippen LogP) is -2.80. The van der Waals surface area contributed by atoms with Gasteiger partial charge >= 0.3 is 0 Å². The van der Waals surface area contributed by atoms with Gasteiger partial charge in [0.25, 0.3) is 0 Å². The van der Waals surface area contributed by atoms with Crippen molar-refractivity contribution >= 4 is 0 Å². The van der Waals surface area contributed by atoms with Crippen LogP contribution in [0.15, 0.2) is 0 Å². The van der Waals surface area contributed by atoms with Crippen molar-refractivity contribution in [2.45, 2.75) is 0 Å². The molecule has 0 unspecified atom stereocenters. The van der Waals surface area contributed by atoms with Crippen LogP contribution >= 0.6 is 0 Å². The number of ether oxygens (including phenoxy) is 2. The second kappa shape index (κ2) is 15.3. The maximum atomic E-state index is 9.03. The van der Waals surface area contributed by atoms with Gasteiger partial charge < -0.3 is 40.1 Å². The fourth-order valence-corrected chi connectivity index (χ4v) is 1.23. The highest BCUT2D eigenvalue weighted by atomic mass is 16.5. The molecule has 0 fully saturated rings. The van der Waals surface area contributed by atoms with Crippen molar-refractivity contribution in [1.29, 1.82) is 0 Å². The Balaban J connectivity index is 0. The zero-order valence-corrected chi connectivity index (χ0v) is 13.7. The predicted molar refractivity (Wildman–Crippen MR) is 86.7 cm³/mol. The number of terminal acetylenes is 2. The third-order valence-electron chi connectivity index (χ3n) is 3.20. The molecule has 6 N–H and O–H groups in total. The summed E-state index contributed by atoms with van der Waals surface area (Å²) in [6.45, 7) is -2.39. The molecule has 0 bridgehead atoms. The molecule has 0 aliphatic rings. The van der Waals surface area contributed by atoms with Gasteiger partial charge in [0, 0.05) is 0 Å². The van der Waals surface area contributed by atoms with E-state index >= 15 is 0 Å². The summed E-state index contributed by atoms with van der Waals surface area (Å²) >= 11 is 0. The van der Waals surface area contributed by atoms with Crippen molar-refractivity contribution in [3.63, 3.8) is 0 Å². The Hall–Kier alpha value is -1.20. The fraction of sp³-hybridized carbons (Fsp3) is 0.750. The minimum atomic E-state index is -1.16. The van der Waals surface area contributed by atoms with E-state index in [0.29, 0.717) is 13.2 Å². The van der Waals surface area contributed by atoms with E-state index in [1.54, 1.807) is 0 Å². The van der Waals surface area contributed by atoms with Gasteiger partial charge in [-0.2, -0.15) is 0 Å². The van der Waals surface area contributed by atoms with E-state index in [4.69, 9.17) is 48.2 Å². The molecule has 0 aromatic carbocycles. The van der Waals surface area contributed by atoms with Crippen LogP contribution in [0.2, 0.25) is 0 Å². The van der Waals surface area contributed by atoms with Crippen LogP contribution in [0.3, 0.4) is 0 Å². The highest BCUT2D eigenvalue weighted by molar-refractivity contribution is 4.87.